The zero-order chi connectivity index (χ0) is 33.4. The lowest BCUT2D eigenvalue weighted by molar-refractivity contribution is 0.0137. The van der Waals surface area contributed by atoms with Crippen molar-refractivity contribution in [1.82, 2.24) is 0 Å². The number of ether oxygens (including phenoxy) is 2. The maximum Gasteiger partial charge on any atom is 0.0622 e. The van der Waals surface area contributed by atoms with Gasteiger partial charge in [-0.15, -0.1) is 0 Å². The third-order valence-corrected chi connectivity index (χ3v) is 7.55. The van der Waals surface area contributed by atoms with E-state index >= 15 is 0 Å². The molecule has 0 spiro atoms. The molecule has 0 fully saturated rings. The van der Waals surface area contributed by atoms with Gasteiger partial charge in [-0.05, 0) is 108 Å². The van der Waals surface area contributed by atoms with E-state index in [0.29, 0.717) is 0 Å². The van der Waals surface area contributed by atoms with Crippen LogP contribution in [0.3, 0.4) is 0 Å². The van der Waals surface area contributed by atoms with Gasteiger partial charge in [0.2, 0.25) is 0 Å². The SMILES string of the molecule is COC(C)(C)CCC/C(C)=C/C=C/C(C)=C\C=C\C(C)=C/C=C/C=C(C)\C=C\C=C(C)/C=C/C=C(\C)CCCC(C)(C)OC. The second-order valence-corrected chi connectivity index (χ2v) is 13.1. The van der Waals surface area contributed by atoms with Crippen molar-refractivity contribution in [3.8, 4) is 0 Å². The van der Waals surface area contributed by atoms with E-state index < -0.39 is 0 Å². The molecule has 244 valence electrons. The van der Waals surface area contributed by atoms with Gasteiger partial charge in [-0.1, -0.05) is 131 Å². The highest BCUT2D eigenvalue weighted by molar-refractivity contribution is 5.32. The fourth-order valence-corrected chi connectivity index (χ4v) is 4.03. The molecule has 0 rings (SSSR count). The molecule has 2 heteroatoms. The Bertz CT molecular complexity index is 1070. The summed E-state index contributed by atoms with van der Waals surface area (Å²) in [5.41, 5.74) is 7.59. The predicted molar refractivity (Wildman–Crippen MR) is 198 cm³/mol. The topological polar surface area (TPSA) is 18.5 Å². The number of hydrogen-bond acceptors (Lipinski definition) is 2. The second-order valence-electron chi connectivity index (χ2n) is 13.1. The molecule has 0 heterocycles. The van der Waals surface area contributed by atoms with E-state index in [1.54, 1.807) is 14.2 Å². The van der Waals surface area contributed by atoms with E-state index in [-0.39, 0.29) is 11.2 Å². The average Bonchev–Trinajstić information content (AvgIpc) is 2.95. The second kappa shape index (κ2) is 23.4. The van der Waals surface area contributed by atoms with Crippen LogP contribution in [0, 0.1) is 0 Å². The lowest BCUT2D eigenvalue weighted by Gasteiger charge is -2.22. The molecule has 0 saturated carbocycles. The van der Waals surface area contributed by atoms with Crippen molar-refractivity contribution in [3.05, 3.63) is 131 Å². The van der Waals surface area contributed by atoms with Gasteiger partial charge >= 0.3 is 0 Å². The Labute approximate surface area is 272 Å². The number of methoxy groups -OCH3 is 2. The lowest BCUT2D eigenvalue weighted by Crippen LogP contribution is -2.21. The molecule has 0 aliphatic carbocycles. The summed E-state index contributed by atoms with van der Waals surface area (Å²) in [6, 6.07) is 0. The Kier molecular flexibility index (Phi) is 21.9. The Morgan fingerprint density at radius 2 is 0.705 bits per heavy atom. The lowest BCUT2D eigenvalue weighted by atomic mass is 9.99. The minimum atomic E-state index is -0.0351. The summed E-state index contributed by atoms with van der Waals surface area (Å²) >= 11 is 0. The minimum absolute atomic E-state index is 0.0351. The van der Waals surface area contributed by atoms with E-state index in [9.17, 15) is 0 Å². The smallest absolute Gasteiger partial charge is 0.0622 e. The number of hydrogen-bond donors (Lipinski definition) is 0. The molecule has 0 amide bonds. The van der Waals surface area contributed by atoms with Gasteiger partial charge in [0.05, 0.1) is 11.2 Å². The first kappa shape index (κ1) is 41.1. The molecule has 0 atom stereocenters. The monoisotopic (exact) mass is 600 g/mol. The van der Waals surface area contributed by atoms with E-state index in [1.807, 2.05) is 0 Å². The van der Waals surface area contributed by atoms with Crippen molar-refractivity contribution in [2.75, 3.05) is 14.2 Å². The highest BCUT2D eigenvalue weighted by Crippen LogP contribution is 2.20. The van der Waals surface area contributed by atoms with E-state index in [1.165, 1.54) is 33.4 Å². The van der Waals surface area contributed by atoms with Crippen LogP contribution in [0.25, 0.3) is 0 Å². The van der Waals surface area contributed by atoms with Crippen LogP contribution in [0.2, 0.25) is 0 Å². The summed E-state index contributed by atoms with van der Waals surface area (Å²) in [6.45, 7) is 21.5. The van der Waals surface area contributed by atoms with Gasteiger partial charge in [0.15, 0.2) is 0 Å². The summed E-state index contributed by atoms with van der Waals surface area (Å²) in [7, 11) is 3.57. The van der Waals surface area contributed by atoms with Crippen molar-refractivity contribution in [2.45, 2.75) is 119 Å². The highest BCUT2D eigenvalue weighted by atomic mass is 16.5. The van der Waals surface area contributed by atoms with Crippen molar-refractivity contribution in [3.63, 3.8) is 0 Å². The van der Waals surface area contributed by atoms with Crippen LogP contribution in [0.5, 0.6) is 0 Å². The van der Waals surface area contributed by atoms with Crippen LogP contribution in [0.15, 0.2) is 131 Å². The summed E-state index contributed by atoms with van der Waals surface area (Å²) in [6.07, 6.45) is 40.9. The maximum absolute atomic E-state index is 5.50. The molecular weight excluding hydrogens is 536 g/mol. The fraction of sp³-hybridized carbons (Fsp3) is 0.476. The molecule has 0 aliphatic rings. The number of allylic oxidation sites excluding steroid dienone is 22. The Hall–Kier alpha value is -2.94. The summed E-state index contributed by atoms with van der Waals surface area (Å²) in [5.74, 6) is 0. The Morgan fingerprint density at radius 1 is 0.432 bits per heavy atom. The minimum Gasteiger partial charge on any atom is -0.379 e. The zero-order valence-electron chi connectivity index (χ0n) is 30.3. The maximum atomic E-state index is 5.50. The third kappa shape index (κ3) is 24.5. The summed E-state index contributed by atoms with van der Waals surface area (Å²) < 4.78 is 11.0. The molecular formula is C42H64O2. The first-order chi connectivity index (χ1) is 20.7. The largest absolute Gasteiger partial charge is 0.379 e. The van der Waals surface area contributed by atoms with Crippen molar-refractivity contribution < 1.29 is 9.47 Å². The molecule has 0 unspecified atom stereocenters. The first-order valence-electron chi connectivity index (χ1n) is 16.2. The quantitative estimate of drug-likeness (QED) is 0.129. The summed E-state index contributed by atoms with van der Waals surface area (Å²) in [5, 5.41) is 0. The Balaban J connectivity index is 4.68. The molecule has 0 aromatic rings. The normalized spacial score (nSPS) is 15.9. The molecule has 0 aliphatic heterocycles. The third-order valence-electron chi connectivity index (χ3n) is 7.55. The molecule has 0 aromatic carbocycles. The van der Waals surface area contributed by atoms with E-state index in [2.05, 4.69) is 166 Å². The van der Waals surface area contributed by atoms with Gasteiger partial charge < -0.3 is 9.47 Å². The molecule has 0 aromatic heterocycles. The molecule has 0 N–H and O–H groups in total. The van der Waals surface area contributed by atoms with Crippen LogP contribution in [-0.2, 0) is 9.47 Å². The Morgan fingerprint density at radius 3 is 1.00 bits per heavy atom. The average molecular weight is 601 g/mol. The van der Waals surface area contributed by atoms with Crippen LogP contribution in [-0.4, -0.2) is 25.4 Å². The van der Waals surface area contributed by atoms with Crippen LogP contribution in [0.1, 0.15) is 108 Å². The van der Waals surface area contributed by atoms with Crippen molar-refractivity contribution in [1.29, 1.82) is 0 Å². The predicted octanol–water partition coefficient (Wildman–Crippen LogP) is 12.6. The van der Waals surface area contributed by atoms with Gasteiger partial charge in [0.25, 0.3) is 0 Å². The van der Waals surface area contributed by atoms with E-state index in [0.717, 1.165) is 38.5 Å². The molecule has 0 radical (unpaired) electrons. The molecule has 0 bridgehead atoms. The van der Waals surface area contributed by atoms with Crippen LogP contribution in [0.4, 0.5) is 0 Å². The molecule has 44 heavy (non-hydrogen) atoms. The number of rotatable bonds is 20. The van der Waals surface area contributed by atoms with Gasteiger partial charge in [-0.2, -0.15) is 0 Å². The van der Waals surface area contributed by atoms with Gasteiger partial charge in [0, 0.05) is 14.2 Å². The zero-order valence-corrected chi connectivity index (χ0v) is 30.3. The summed E-state index contributed by atoms with van der Waals surface area (Å²) in [4.78, 5) is 0. The van der Waals surface area contributed by atoms with Crippen molar-refractivity contribution in [2.24, 2.45) is 0 Å². The fourth-order valence-electron chi connectivity index (χ4n) is 4.03. The molecule has 2 nitrogen and oxygen atoms in total. The van der Waals surface area contributed by atoms with Crippen LogP contribution >= 0.6 is 0 Å². The highest BCUT2D eigenvalue weighted by Gasteiger charge is 2.15. The van der Waals surface area contributed by atoms with Gasteiger partial charge in [0.1, 0.15) is 0 Å². The van der Waals surface area contributed by atoms with Crippen LogP contribution < -0.4 is 0 Å². The standard InChI is InChI=1S/C42H64O2/c1-35(23-15-25-37(3)27-17-29-39(5)31-19-33-41(7,8)43-11)21-13-14-22-36(2)24-16-26-38(4)28-18-30-40(6)32-20-34-42(9,10)44-12/h13-18,21-30H,19-20,31-34H2,1-12H3/b14-13+,23-15+,24-16+,27-17+,28-18+,35-21-,36-22-,37-25-,38-26-,39-29+,40-30+. The van der Waals surface area contributed by atoms with Gasteiger partial charge in [-0.25, -0.2) is 0 Å². The van der Waals surface area contributed by atoms with Crippen molar-refractivity contribution >= 4 is 0 Å². The van der Waals surface area contributed by atoms with Gasteiger partial charge in [-0.3, -0.25) is 0 Å². The van der Waals surface area contributed by atoms with E-state index in [4.69, 9.17) is 9.47 Å². The molecule has 0 saturated heterocycles. The first-order valence-corrected chi connectivity index (χ1v) is 16.2.